The molecular weight excluding hydrogens is 424 g/mol. The fourth-order valence-electron chi connectivity index (χ4n) is 3.77. The van der Waals surface area contributed by atoms with Crippen molar-refractivity contribution in [3.05, 3.63) is 76.2 Å². The number of rotatable bonds is 5. The molecule has 7 heteroatoms. The van der Waals surface area contributed by atoms with E-state index in [1.54, 1.807) is 13.2 Å². The van der Waals surface area contributed by atoms with Gasteiger partial charge in [0.25, 0.3) is 11.1 Å². The lowest BCUT2D eigenvalue weighted by atomic mass is 10.0. The van der Waals surface area contributed by atoms with Gasteiger partial charge in [-0.1, -0.05) is 36.4 Å². The number of benzene rings is 3. The van der Waals surface area contributed by atoms with Crippen molar-refractivity contribution < 1.29 is 19.1 Å². The minimum absolute atomic E-state index is 0.282. The molecule has 0 spiro atoms. The summed E-state index contributed by atoms with van der Waals surface area (Å²) in [6, 6.07) is 17.1. The Balaban J connectivity index is 1.55. The Morgan fingerprint density at radius 2 is 1.72 bits per heavy atom. The molecular formula is C25H22N2O4S. The highest BCUT2D eigenvalue weighted by atomic mass is 32.2. The summed E-state index contributed by atoms with van der Waals surface area (Å²) in [5.74, 6) is -0.169. The van der Waals surface area contributed by atoms with Crippen molar-refractivity contribution in [2.24, 2.45) is 0 Å². The molecule has 0 atom stereocenters. The van der Waals surface area contributed by atoms with Gasteiger partial charge in [0, 0.05) is 11.1 Å². The summed E-state index contributed by atoms with van der Waals surface area (Å²) in [6.07, 6.45) is 1.69. The van der Waals surface area contributed by atoms with Crippen LogP contribution in [-0.2, 0) is 9.59 Å². The summed E-state index contributed by atoms with van der Waals surface area (Å²) in [6.45, 7) is 3.54. The van der Waals surface area contributed by atoms with Crippen LogP contribution in [0.1, 0.15) is 16.7 Å². The van der Waals surface area contributed by atoms with Gasteiger partial charge in [-0.25, -0.2) is 0 Å². The predicted molar refractivity (Wildman–Crippen MR) is 128 cm³/mol. The van der Waals surface area contributed by atoms with Gasteiger partial charge in [0.15, 0.2) is 0 Å². The van der Waals surface area contributed by atoms with Crippen molar-refractivity contribution in [1.82, 2.24) is 4.90 Å². The third-order valence-electron chi connectivity index (χ3n) is 5.11. The number of anilines is 1. The van der Waals surface area contributed by atoms with Crippen molar-refractivity contribution in [2.75, 3.05) is 19.0 Å². The van der Waals surface area contributed by atoms with Crippen LogP contribution in [0, 0.1) is 13.8 Å². The first-order valence-corrected chi connectivity index (χ1v) is 10.9. The number of methoxy groups -OCH3 is 1. The number of imide groups is 1. The molecule has 1 N–H and O–H groups in total. The molecule has 1 saturated heterocycles. The number of nitrogens with one attached hydrogen (secondary N) is 1. The van der Waals surface area contributed by atoms with Gasteiger partial charge in [0.1, 0.15) is 12.3 Å². The van der Waals surface area contributed by atoms with E-state index in [2.05, 4.69) is 5.32 Å². The van der Waals surface area contributed by atoms with Crippen LogP contribution in [0.15, 0.2) is 59.5 Å². The number of nitrogens with zero attached hydrogens (tertiary/aromatic N) is 1. The average molecular weight is 447 g/mol. The Hall–Kier alpha value is -3.58. The van der Waals surface area contributed by atoms with Crippen molar-refractivity contribution in [2.45, 2.75) is 13.8 Å². The molecule has 4 rings (SSSR count). The zero-order valence-corrected chi connectivity index (χ0v) is 18.8. The molecule has 0 radical (unpaired) electrons. The summed E-state index contributed by atoms with van der Waals surface area (Å²) >= 11 is 0.836. The van der Waals surface area contributed by atoms with Crippen LogP contribution < -0.4 is 10.1 Å². The number of carbonyl (C=O) groups is 3. The standard InChI is InChI=1S/C25H22N2O4S/c1-15-10-16(2)12-18(11-15)26-23(28)14-27-24(29)22(32-25(27)30)13-17-8-9-21(31-3)20-7-5-4-6-19(17)20/h4-13H,14H2,1-3H3,(H,26,28)/b22-13+. The molecule has 0 bridgehead atoms. The summed E-state index contributed by atoms with van der Waals surface area (Å²) in [5.41, 5.74) is 3.47. The largest absolute Gasteiger partial charge is 0.496 e. The molecule has 32 heavy (non-hydrogen) atoms. The molecule has 0 aromatic heterocycles. The maximum atomic E-state index is 12.9. The van der Waals surface area contributed by atoms with E-state index >= 15 is 0 Å². The molecule has 1 fully saturated rings. The molecule has 1 aliphatic rings. The molecule has 162 valence electrons. The third kappa shape index (κ3) is 4.38. The van der Waals surface area contributed by atoms with Crippen LogP contribution >= 0.6 is 11.8 Å². The van der Waals surface area contributed by atoms with Crippen molar-refractivity contribution in [3.63, 3.8) is 0 Å². The average Bonchev–Trinajstić information content (AvgIpc) is 3.00. The normalized spacial score (nSPS) is 15.0. The molecule has 0 saturated carbocycles. The van der Waals surface area contributed by atoms with E-state index in [9.17, 15) is 14.4 Å². The van der Waals surface area contributed by atoms with Crippen LogP contribution in [0.2, 0.25) is 0 Å². The van der Waals surface area contributed by atoms with Crippen LogP contribution in [0.25, 0.3) is 16.8 Å². The molecule has 1 heterocycles. The second kappa shape index (κ2) is 8.88. The zero-order chi connectivity index (χ0) is 22.8. The first-order chi connectivity index (χ1) is 15.4. The van der Waals surface area contributed by atoms with E-state index in [0.29, 0.717) is 5.69 Å². The molecule has 1 aliphatic heterocycles. The Bertz CT molecular complexity index is 1260. The summed E-state index contributed by atoms with van der Waals surface area (Å²) in [5, 5.41) is 4.12. The topological polar surface area (TPSA) is 75.7 Å². The minimum atomic E-state index is -0.476. The number of hydrogen-bond donors (Lipinski definition) is 1. The lowest BCUT2D eigenvalue weighted by molar-refractivity contribution is -0.127. The Morgan fingerprint density at radius 3 is 2.41 bits per heavy atom. The van der Waals surface area contributed by atoms with E-state index in [0.717, 1.165) is 49.9 Å². The smallest absolute Gasteiger partial charge is 0.294 e. The quantitative estimate of drug-likeness (QED) is 0.549. The number of amides is 3. The lowest BCUT2D eigenvalue weighted by Crippen LogP contribution is -2.36. The van der Waals surface area contributed by atoms with Gasteiger partial charge >= 0.3 is 0 Å². The van der Waals surface area contributed by atoms with Crippen molar-refractivity contribution in [3.8, 4) is 5.75 Å². The summed E-state index contributed by atoms with van der Waals surface area (Å²) in [7, 11) is 1.61. The lowest BCUT2D eigenvalue weighted by Gasteiger charge is -2.13. The summed E-state index contributed by atoms with van der Waals surface area (Å²) in [4.78, 5) is 39.1. The van der Waals surface area contributed by atoms with Gasteiger partial charge in [-0.15, -0.1) is 0 Å². The maximum absolute atomic E-state index is 12.9. The Kier molecular flexibility index (Phi) is 6.01. The van der Waals surface area contributed by atoms with Gasteiger partial charge in [-0.05, 0) is 72.0 Å². The maximum Gasteiger partial charge on any atom is 0.294 e. The van der Waals surface area contributed by atoms with E-state index in [1.807, 2.05) is 68.4 Å². The molecule has 0 aliphatic carbocycles. The number of carbonyl (C=O) groups excluding carboxylic acids is 3. The Morgan fingerprint density at radius 1 is 1.03 bits per heavy atom. The van der Waals surface area contributed by atoms with Gasteiger partial charge in [0.2, 0.25) is 5.91 Å². The molecule has 3 amide bonds. The first-order valence-electron chi connectivity index (χ1n) is 10.0. The molecule has 3 aromatic carbocycles. The number of hydrogen-bond acceptors (Lipinski definition) is 5. The van der Waals surface area contributed by atoms with Crippen LogP contribution in [-0.4, -0.2) is 35.6 Å². The zero-order valence-electron chi connectivity index (χ0n) is 18.0. The highest BCUT2D eigenvalue weighted by Crippen LogP contribution is 2.35. The van der Waals surface area contributed by atoms with Crippen LogP contribution in [0.3, 0.4) is 0 Å². The van der Waals surface area contributed by atoms with E-state index in [4.69, 9.17) is 4.74 Å². The molecule has 3 aromatic rings. The monoisotopic (exact) mass is 446 g/mol. The van der Waals surface area contributed by atoms with Crippen LogP contribution in [0.5, 0.6) is 5.75 Å². The van der Waals surface area contributed by atoms with Crippen molar-refractivity contribution in [1.29, 1.82) is 0 Å². The highest BCUT2D eigenvalue weighted by molar-refractivity contribution is 8.18. The predicted octanol–water partition coefficient (Wildman–Crippen LogP) is 5.14. The Labute approximate surface area is 190 Å². The SMILES string of the molecule is COc1ccc(/C=C2/SC(=O)N(CC(=O)Nc3cc(C)cc(C)c3)C2=O)c2ccccc12. The highest BCUT2D eigenvalue weighted by Gasteiger charge is 2.36. The first kappa shape index (κ1) is 21.6. The van der Waals surface area contributed by atoms with Crippen LogP contribution in [0.4, 0.5) is 10.5 Å². The third-order valence-corrected chi connectivity index (χ3v) is 6.01. The number of thioether (sulfide) groups is 1. The molecule has 0 unspecified atom stereocenters. The second-order valence-electron chi connectivity index (χ2n) is 7.60. The minimum Gasteiger partial charge on any atom is -0.496 e. The van der Waals surface area contributed by atoms with E-state index in [1.165, 1.54) is 0 Å². The number of ether oxygens (including phenoxy) is 1. The molecule has 6 nitrogen and oxygen atoms in total. The van der Waals surface area contributed by atoms with Gasteiger partial charge in [0.05, 0.1) is 12.0 Å². The fraction of sp³-hybridized carbons (Fsp3) is 0.160. The fourth-order valence-corrected chi connectivity index (χ4v) is 4.60. The van der Waals surface area contributed by atoms with E-state index in [-0.39, 0.29) is 11.4 Å². The van der Waals surface area contributed by atoms with E-state index < -0.39 is 17.1 Å². The van der Waals surface area contributed by atoms with Gasteiger partial charge in [-0.3, -0.25) is 19.3 Å². The second-order valence-corrected chi connectivity index (χ2v) is 8.59. The van der Waals surface area contributed by atoms with Gasteiger partial charge < -0.3 is 10.1 Å². The van der Waals surface area contributed by atoms with Crippen molar-refractivity contribution >= 4 is 51.4 Å². The number of fused-ring (bicyclic) bond motifs is 1. The number of aryl methyl sites for hydroxylation is 2. The summed E-state index contributed by atoms with van der Waals surface area (Å²) < 4.78 is 5.42. The van der Waals surface area contributed by atoms with Gasteiger partial charge in [-0.2, -0.15) is 0 Å².